The van der Waals surface area contributed by atoms with Crippen LogP contribution in [0, 0.1) is 20.8 Å². The Morgan fingerprint density at radius 2 is 0.689 bits per heavy atom. The Kier molecular flexibility index (Phi) is 7.72. The summed E-state index contributed by atoms with van der Waals surface area (Å²) in [5.74, 6) is 0. The predicted molar refractivity (Wildman–Crippen MR) is 196 cm³/mol. The Morgan fingerprint density at radius 1 is 0.289 bits per heavy atom. The molecule has 0 N–H and O–H groups in total. The molecule has 0 aliphatic rings. The first kappa shape index (κ1) is 28.3. The normalized spacial score (nSPS) is 11.0. The van der Waals surface area contributed by atoms with Gasteiger partial charge in [-0.05, 0) is 97.6 Å². The predicted octanol–water partition coefficient (Wildman–Crippen LogP) is 12.8. The van der Waals surface area contributed by atoms with Crippen molar-refractivity contribution in [2.45, 2.75) is 20.8 Å². The second kappa shape index (κ2) is 12.3. The Morgan fingerprint density at radius 3 is 1.22 bits per heavy atom. The van der Waals surface area contributed by atoms with Crippen LogP contribution in [-0.2, 0) is 0 Å². The van der Waals surface area contributed by atoms with E-state index in [9.17, 15) is 0 Å². The lowest BCUT2D eigenvalue weighted by molar-refractivity contribution is 1.41. The molecule has 0 heterocycles. The maximum atomic E-state index is 2.27. The van der Waals surface area contributed by atoms with Crippen molar-refractivity contribution >= 4 is 32.3 Å². The van der Waals surface area contributed by atoms with Gasteiger partial charge >= 0.3 is 0 Å². The van der Waals surface area contributed by atoms with Gasteiger partial charge in [-0.15, -0.1) is 0 Å². The van der Waals surface area contributed by atoms with Gasteiger partial charge in [-0.1, -0.05) is 169 Å². The minimum Gasteiger partial charge on any atom is -0.0620 e. The number of hydrogen-bond donors (Lipinski definition) is 0. The van der Waals surface area contributed by atoms with Crippen molar-refractivity contribution in [3.63, 3.8) is 0 Å². The Hall–Kier alpha value is -5.46. The van der Waals surface area contributed by atoms with E-state index in [0.717, 1.165) is 0 Å². The van der Waals surface area contributed by atoms with Crippen molar-refractivity contribution in [2.24, 2.45) is 0 Å². The van der Waals surface area contributed by atoms with E-state index in [0.29, 0.717) is 0 Å². The fourth-order valence-electron chi connectivity index (χ4n) is 6.64. The molecule has 0 fully saturated rings. The zero-order valence-corrected chi connectivity index (χ0v) is 26.1. The van der Waals surface area contributed by atoms with Gasteiger partial charge in [-0.3, -0.25) is 0 Å². The lowest BCUT2D eigenvalue weighted by atomic mass is 9.84. The number of aryl methyl sites for hydroxylation is 3. The van der Waals surface area contributed by atoms with Crippen LogP contribution < -0.4 is 0 Å². The lowest BCUT2D eigenvalue weighted by Crippen LogP contribution is -1.91. The van der Waals surface area contributed by atoms with Gasteiger partial charge in [0.1, 0.15) is 0 Å². The highest BCUT2D eigenvalue weighted by atomic mass is 14.2. The Balaban J connectivity index is 0.000000195. The standard InChI is InChI=1S/C31H22.C14H14/c1-21-17-19-23(20-18-21)30-26-12-4-6-14-28(26)31(29-15-7-5-13-27(29)30)25-16-8-10-22-9-2-3-11-24(22)25;1-11-7-3-5-9-13(11)14-10-6-4-8-12(14)2/h2-20H,1H3;3-10H,1-2H3. The average Bonchev–Trinajstić information content (AvgIpc) is 3.08. The summed E-state index contributed by atoms with van der Waals surface area (Å²) in [6, 6.07) is 59.0. The van der Waals surface area contributed by atoms with Crippen LogP contribution in [-0.4, -0.2) is 0 Å². The van der Waals surface area contributed by atoms with Crippen molar-refractivity contribution in [3.05, 3.63) is 180 Å². The summed E-state index contributed by atoms with van der Waals surface area (Å²) >= 11 is 0. The first-order valence-corrected chi connectivity index (χ1v) is 15.7. The van der Waals surface area contributed by atoms with Gasteiger partial charge in [0, 0.05) is 0 Å². The molecule has 8 aromatic rings. The minimum absolute atomic E-state index is 1.27. The molecule has 0 bridgehead atoms. The second-order valence-electron chi connectivity index (χ2n) is 11.9. The van der Waals surface area contributed by atoms with Crippen LogP contribution in [0.25, 0.3) is 65.7 Å². The molecule has 0 radical (unpaired) electrons. The van der Waals surface area contributed by atoms with Gasteiger partial charge in [0.05, 0.1) is 0 Å². The third-order valence-electron chi connectivity index (χ3n) is 8.91. The Labute approximate surface area is 266 Å². The molecule has 0 aliphatic carbocycles. The molecule has 0 aliphatic heterocycles. The summed E-state index contributed by atoms with van der Waals surface area (Å²) in [6.45, 7) is 6.45. The first-order chi connectivity index (χ1) is 22.1. The number of benzene rings is 8. The topological polar surface area (TPSA) is 0 Å². The molecule has 0 atom stereocenters. The molecule has 0 saturated heterocycles. The van der Waals surface area contributed by atoms with Gasteiger partial charge in [-0.2, -0.15) is 0 Å². The summed E-state index contributed by atoms with van der Waals surface area (Å²) in [5.41, 5.74) is 11.8. The molecular formula is C45H36. The van der Waals surface area contributed by atoms with E-state index in [4.69, 9.17) is 0 Å². The van der Waals surface area contributed by atoms with Gasteiger partial charge in [0.2, 0.25) is 0 Å². The summed E-state index contributed by atoms with van der Waals surface area (Å²) in [5, 5.41) is 7.77. The van der Waals surface area contributed by atoms with Crippen LogP contribution in [0.3, 0.4) is 0 Å². The SMILES string of the molecule is Cc1ccc(-c2c3ccccc3c(-c3cccc4ccccc34)c3ccccc23)cc1.Cc1ccccc1-c1ccccc1C. The molecule has 0 nitrogen and oxygen atoms in total. The zero-order chi connectivity index (χ0) is 30.8. The molecule has 8 rings (SSSR count). The molecule has 0 unspecified atom stereocenters. The third kappa shape index (κ3) is 5.41. The van der Waals surface area contributed by atoms with E-state index in [2.05, 4.69) is 185 Å². The summed E-state index contributed by atoms with van der Waals surface area (Å²) < 4.78 is 0. The lowest BCUT2D eigenvalue weighted by Gasteiger charge is -2.18. The van der Waals surface area contributed by atoms with Crippen molar-refractivity contribution in [2.75, 3.05) is 0 Å². The summed E-state index contributed by atoms with van der Waals surface area (Å²) in [4.78, 5) is 0. The molecule has 0 amide bonds. The molecular weight excluding hydrogens is 540 g/mol. The van der Waals surface area contributed by atoms with Crippen LogP contribution in [0.15, 0.2) is 164 Å². The summed E-state index contributed by atoms with van der Waals surface area (Å²) in [7, 11) is 0. The van der Waals surface area contributed by atoms with E-state index in [-0.39, 0.29) is 0 Å². The van der Waals surface area contributed by atoms with Gasteiger partial charge in [-0.25, -0.2) is 0 Å². The van der Waals surface area contributed by atoms with E-state index < -0.39 is 0 Å². The van der Waals surface area contributed by atoms with Gasteiger partial charge in [0.15, 0.2) is 0 Å². The maximum absolute atomic E-state index is 2.27. The maximum Gasteiger partial charge on any atom is -0.00201 e. The van der Waals surface area contributed by atoms with Crippen LogP contribution >= 0.6 is 0 Å². The highest BCUT2D eigenvalue weighted by Gasteiger charge is 2.17. The number of hydrogen-bond acceptors (Lipinski definition) is 0. The van der Waals surface area contributed by atoms with E-state index >= 15 is 0 Å². The van der Waals surface area contributed by atoms with Crippen molar-refractivity contribution in [3.8, 4) is 33.4 Å². The first-order valence-electron chi connectivity index (χ1n) is 15.7. The average molecular weight is 577 g/mol. The molecule has 0 heteroatoms. The van der Waals surface area contributed by atoms with Crippen LogP contribution in [0.4, 0.5) is 0 Å². The van der Waals surface area contributed by atoms with Gasteiger partial charge in [0.25, 0.3) is 0 Å². The van der Waals surface area contributed by atoms with Crippen LogP contribution in [0.2, 0.25) is 0 Å². The van der Waals surface area contributed by atoms with E-state index in [1.54, 1.807) is 0 Å². The molecule has 0 saturated carbocycles. The molecule has 45 heavy (non-hydrogen) atoms. The molecule has 0 spiro atoms. The van der Waals surface area contributed by atoms with Crippen molar-refractivity contribution in [1.29, 1.82) is 0 Å². The van der Waals surface area contributed by atoms with Gasteiger partial charge < -0.3 is 0 Å². The molecule has 8 aromatic carbocycles. The number of rotatable bonds is 3. The quantitative estimate of drug-likeness (QED) is 0.184. The minimum atomic E-state index is 1.27. The Bertz CT molecular complexity index is 2180. The zero-order valence-electron chi connectivity index (χ0n) is 26.1. The molecule has 216 valence electrons. The number of fused-ring (bicyclic) bond motifs is 3. The van der Waals surface area contributed by atoms with Crippen LogP contribution in [0.5, 0.6) is 0 Å². The van der Waals surface area contributed by atoms with Crippen molar-refractivity contribution < 1.29 is 0 Å². The smallest absolute Gasteiger partial charge is 0.00201 e. The molecule has 0 aromatic heterocycles. The second-order valence-corrected chi connectivity index (χ2v) is 11.9. The fourth-order valence-corrected chi connectivity index (χ4v) is 6.64. The van der Waals surface area contributed by atoms with Crippen molar-refractivity contribution in [1.82, 2.24) is 0 Å². The monoisotopic (exact) mass is 576 g/mol. The largest absolute Gasteiger partial charge is 0.0620 e. The summed E-state index contributed by atoms with van der Waals surface area (Å²) in [6.07, 6.45) is 0. The highest BCUT2D eigenvalue weighted by molar-refractivity contribution is 6.23. The van der Waals surface area contributed by atoms with Crippen LogP contribution in [0.1, 0.15) is 16.7 Å². The third-order valence-corrected chi connectivity index (χ3v) is 8.91. The highest BCUT2D eigenvalue weighted by Crippen LogP contribution is 2.45. The fraction of sp³-hybridized carbons (Fsp3) is 0.0667. The van der Waals surface area contributed by atoms with E-state index in [1.165, 1.54) is 82.4 Å². The van der Waals surface area contributed by atoms with E-state index in [1.807, 2.05) is 0 Å².